The van der Waals surface area contributed by atoms with Gasteiger partial charge in [-0.1, -0.05) is 18.2 Å². The van der Waals surface area contributed by atoms with Gasteiger partial charge in [-0.25, -0.2) is 0 Å². The second-order valence-electron chi connectivity index (χ2n) is 3.46. The average molecular weight is 230 g/mol. The predicted molar refractivity (Wildman–Crippen MR) is 64.4 cm³/mol. The zero-order valence-corrected chi connectivity index (χ0v) is 9.62. The number of rotatable bonds is 2. The quantitative estimate of drug-likeness (QED) is 0.744. The van der Waals surface area contributed by atoms with Crippen LogP contribution in [0.15, 0.2) is 29.6 Å². The van der Waals surface area contributed by atoms with Gasteiger partial charge in [0, 0.05) is 22.5 Å². The minimum atomic E-state index is -0.0981. The molecular formula is C12H10N2OS. The first-order valence-corrected chi connectivity index (χ1v) is 5.70. The van der Waals surface area contributed by atoms with E-state index >= 15 is 0 Å². The zero-order valence-electron chi connectivity index (χ0n) is 8.80. The van der Waals surface area contributed by atoms with E-state index in [-0.39, 0.29) is 12.5 Å². The molecule has 0 fully saturated rings. The summed E-state index contributed by atoms with van der Waals surface area (Å²) in [6.07, 6.45) is 0. The number of thiophene rings is 1. The Morgan fingerprint density at radius 1 is 1.50 bits per heavy atom. The molecule has 1 heterocycles. The van der Waals surface area contributed by atoms with E-state index in [1.54, 1.807) is 18.4 Å². The highest BCUT2D eigenvalue weighted by molar-refractivity contribution is 7.17. The summed E-state index contributed by atoms with van der Waals surface area (Å²) in [5.41, 5.74) is 0.679. The van der Waals surface area contributed by atoms with E-state index < -0.39 is 0 Å². The smallest absolute Gasteiger partial charge is 0.255 e. The number of nitriles is 1. The Morgan fingerprint density at radius 2 is 2.25 bits per heavy atom. The monoisotopic (exact) mass is 230 g/mol. The predicted octanol–water partition coefficient (Wildman–Crippen LogP) is 2.50. The second kappa shape index (κ2) is 4.33. The molecule has 0 aliphatic carbocycles. The van der Waals surface area contributed by atoms with Crippen molar-refractivity contribution >= 4 is 27.3 Å². The molecule has 1 amide bonds. The van der Waals surface area contributed by atoms with Crippen molar-refractivity contribution in [2.45, 2.75) is 0 Å². The fraction of sp³-hybridized carbons (Fsp3) is 0.167. The Hall–Kier alpha value is -1.86. The van der Waals surface area contributed by atoms with Crippen LogP contribution in [0, 0.1) is 11.3 Å². The number of hydrogen-bond acceptors (Lipinski definition) is 3. The highest BCUT2D eigenvalue weighted by Gasteiger charge is 2.15. The average Bonchev–Trinajstić information content (AvgIpc) is 2.72. The maximum absolute atomic E-state index is 12.0. The van der Waals surface area contributed by atoms with E-state index in [1.165, 1.54) is 4.90 Å². The molecule has 1 aromatic carbocycles. The molecule has 0 saturated heterocycles. The summed E-state index contributed by atoms with van der Waals surface area (Å²) < 4.78 is 1.09. The summed E-state index contributed by atoms with van der Waals surface area (Å²) in [6, 6.07) is 9.75. The molecular weight excluding hydrogens is 220 g/mol. The Balaban J connectivity index is 2.41. The largest absolute Gasteiger partial charge is 0.328 e. The summed E-state index contributed by atoms with van der Waals surface area (Å²) in [7, 11) is 1.64. The molecule has 16 heavy (non-hydrogen) atoms. The highest BCUT2D eigenvalue weighted by Crippen LogP contribution is 2.26. The third-order valence-corrected chi connectivity index (χ3v) is 3.33. The second-order valence-corrected chi connectivity index (χ2v) is 4.38. The normalized spacial score (nSPS) is 10.0. The lowest BCUT2D eigenvalue weighted by molar-refractivity contribution is 0.0814. The standard InChI is InChI=1S/C12H10N2OS/c1-14(7-6-13)12(15)10-8-16-11-5-3-2-4-9(10)11/h2-5,8H,7H2,1H3. The van der Waals surface area contributed by atoms with Gasteiger partial charge in [0.2, 0.25) is 0 Å². The number of amides is 1. The maximum Gasteiger partial charge on any atom is 0.255 e. The Kier molecular flexibility index (Phi) is 2.88. The molecule has 0 atom stereocenters. The van der Waals surface area contributed by atoms with Crippen LogP contribution in [0.3, 0.4) is 0 Å². The summed E-state index contributed by atoms with van der Waals surface area (Å²) >= 11 is 1.55. The van der Waals surface area contributed by atoms with Crippen molar-refractivity contribution < 1.29 is 4.79 Å². The van der Waals surface area contributed by atoms with E-state index in [2.05, 4.69) is 0 Å². The molecule has 0 radical (unpaired) electrons. The van der Waals surface area contributed by atoms with E-state index in [9.17, 15) is 4.79 Å². The molecule has 0 aliphatic rings. The molecule has 1 aromatic heterocycles. The van der Waals surface area contributed by atoms with Crippen molar-refractivity contribution in [2.24, 2.45) is 0 Å². The van der Waals surface area contributed by atoms with E-state index in [4.69, 9.17) is 5.26 Å². The van der Waals surface area contributed by atoms with Gasteiger partial charge in [0.1, 0.15) is 6.54 Å². The van der Waals surface area contributed by atoms with Crippen LogP contribution in [0.2, 0.25) is 0 Å². The van der Waals surface area contributed by atoms with Gasteiger partial charge in [-0.2, -0.15) is 5.26 Å². The molecule has 0 saturated carbocycles. The van der Waals surface area contributed by atoms with Crippen molar-refractivity contribution in [1.29, 1.82) is 5.26 Å². The minimum absolute atomic E-state index is 0.0981. The van der Waals surface area contributed by atoms with Crippen LogP contribution in [0.5, 0.6) is 0 Å². The van der Waals surface area contributed by atoms with Crippen LogP contribution in [-0.4, -0.2) is 24.4 Å². The van der Waals surface area contributed by atoms with Crippen molar-refractivity contribution in [3.05, 3.63) is 35.2 Å². The van der Waals surface area contributed by atoms with Crippen LogP contribution in [0.1, 0.15) is 10.4 Å². The SMILES string of the molecule is CN(CC#N)C(=O)c1csc2ccccc12. The molecule has 4 heteroatoms. The van der Waals surface area contributed by atoms with Gasteiger partial charge in [0.15, 0.2) is 0 Å². The molecule has 2 rings (SSSR count). The van der Waals surface area contributed by atoms with Crippen molar-refractivity contribution in [3.8, 4) is 6.07 Å². The summed E-state index contributed by atoms with van der Waals surface area (Å²) in [5.74, 6) is -0.0981. The first kappa shape index (κ1) is 10.7. The van der Waals surface area contributed by atoms with Gasteiger partial charge < -0.3 is 4.90 Å². The number of carbonyl (C=O) groups is 1. The molecule has 2 aromatic rings. The van der Waals surface area contributed by atoms with Gasteiger partial charge in [0.05, 0.1) is 11.6 Å². The van der Waals surface area contributed by atoms with Crippen LogP contribution < -0.4 is 0 Å². The van der Waals surface area contributed by atoms with Crippen LogP contribution >= 0.6 is 11.3 Å². The lowest BCUT2D eigenvalue weighted by Crippen LogP contribution is -2.26. The van der Waals surface area contributed by atoms with E-state index in [0.717, 1.165) is 10.1 Å². The van der Waals surface area contributed by atoms with Crippen LogP contribution in [0.25, 0.3) is 10.1 Å². The number of nitrogens with zero attached hydrogens (tertiary/aromatic N) is 2. The molecule has 80 valence electrons. The van der Waals surface area contributed by atoms with Crippen LogP contribution in [0.4, 0.5) is 0 Å². The highest BCUT2D eigenvalue weighted by atomic mass is 32.1. The topological polar surface area (TPSA) is 44.1 Å². The Morgan fingerprint density at radius 3 is 3.00 bits per heavy atom. The first-order chi connectivity index (χ1) is 7.74. The lowest BCUT2D eigenvalue weighted by Gasteiger charge is -2.11. The van der Waals surface area contributed by atoms with Gasteiger partial charge >= 0.3 is 0 Å². The van der Waals surface area contributed by atoms with Crippen molar-refractivity contribution in [3.63, 3.8) is 0 Å². The molecule has 0 aliphatic heterocycles. The van der Waals surface area contributed by atoms with Crippen LogP contribution in [-0.2, 0) is 0 Å². The fourth-order valence-corrected chi connectivity index (χ4v) is 2.46. The van der Waals surface area contributed by atoms with Gasteiger partial charge in [-0.15, -0.1) is 11.3 Å². The van der Waals surface area contributed by atoms with Crippen molar-refractivity contribution in [1.82, 2.24) is 4.90 Å². The van der Waals surface area contributed by atoms with Gasteiger partial charge in [0.25, 0.3) is 5.91 Å². The third-order valence-electron chi connectivity index (χ3n) is 2.37. The molecule has 0 unspecified atom stereocenters. The van der Waals surface area contributed by atoms with E-state index in [1.807, 2.05) is 35.7 Å². The van der Waals surface area contributed by atoms with Gasteiger partial charge in [-0.3, -0.25) is 4.79 Å². The number of carbonyl (C=O) groups excluding carboxylic acids is 1. The number of benzene rings is 1. The number of hydrogen-bond donors (Lipinski definition) is 0. The summed E-state index contributed by atoms with van der Waals surface area (Å²) in [6.45, 7) is 0.114. The maximum atomic E-state index is 12.0. The fourth-order valence-electron chi connectivity index (χ4n) is 1.53. The zero-order chi connectivity index (χ0) is 11.5. The molecule has 0 N–H and O–H groups in total. The van der Waals surface area contributed by atoms with Crippen molar-refractivity contribution in [2.75, 3.05) is 13.6 Å². The summed E-state index contributed by atoms with van der Waals surface area (Å²) in [5, 5.41) is 11.4. The lowest BCUT2D eigenvalue weighted by atomic mass is 10.1. The Labute approximate surface area is 97.5 Å². The molecule has 0 bridgehead atoms. The third kappa shape index (κ3) is 1.77. The van der Waals surface area contributed by atoms with Gasteiger partial charge in [-0.05, 0) is 6.07 Å². The van der Waals surface area contributed by atoms with E-state index in [0.29, 0.717) is 5.56 Å². The first-order valence-electron chi connectivity index (χ1n) is 4.82. The Bertz CT molecular complexity index is 568. The minimum Gasteiger partial charge on any atom is -0.328 e. The molecule has 0 spiro atoms. The number of fused-ring (bicyclic) bond motifs is 1. The summed E-state index contributed by atoms with van der Waals surface area (Å²) in [4.78, 5) is 13.4. The molecule has 3 nitrogen and oxygen atoms in total.